The fourth-order valence-electron chi connectivity index (χ4n) is 1.41. The fourth-order valence-corrected chi connectivity index (χ4v) is 2.10. The Bertz CT molecular complexity index is 274. The van der Waals surface area contributed by atoms with Gasteiger partial charge in [0.25, 0.3) is 0 Å². The zero-order chi connectivity index (χ0) is 11.1. The van der Waals surface area contributed by atoms with Crippen LogP contribution in [0.15, 0.2) is 0 Å². The highest BCUT2D eigenvalue weighted by atomic mass is 32.1. The Labute approximate surface area is 95.5 Å². The average Bonchev–Trinajstić information content (AvgIpc) is 2.66. The van der Waals surface area contributed by atoms with Crippen molar-refractivity contribution < 1.29 is 0 Å². The van der Waals surface area contributed by atoms with Crippen molar-refractivity contribution in [2.75, 3.05) is 11.9 Å². The van der Waals surface area contributed by atoms with Crippen LogP contribution in [0, 0.1) is 0 Å². The van der Waals surface area contributed by atoms with Crippen LogP contribution >= 0.6 is 11.5 Å². The molecule has 0 fully saturated rings. The topological polar surface area (TPSA) is 63.8 Å². The second-order valence-corrected chi connectivity index (χ2v) is 4.38. The number of anilines is 1. The second kappa shape index (κ2) is 6.74. The maximum absolute atomic E-state index is 5.67. The van der Waals surface area contributed by atoms with E-state index < -0.39 is 0 Å². The summed E-state index contributed by atoms with van der Waals surface area (Å²) in [6.45, 7) is 4.94. The third kappa shape index (κ3) is 4.13. The van der Waals surface area contributed by atoms with E-state index in [4.69, 9.17) is 5.73 Å². The van der Waals surface area contributed by atoms with Crippen LogP contribution in [-0.2, 0) is 6.42 Å². The molecule has 0 aromatic carbocycles. The minimum Gasteiger partial charge on any atom is -0.356 e. The van der Waals surface area contributed by atoms with E-state index in [1.54, 1.807) is 0 Å². The summed E-state index contributed by atoms with van der Waals surface area (Å²) in [5.74, 6) is 0.942. The van der Waals surface area contributed by atoms with E-state index in [1.165, 1.54) is 11.5 Å². The Morgan fingerprint density at radius 3 is 2.80 bits per heavy atom. The summed E-state index contributed by atoms with van der Waals surface area (Å²) >= 11 is 1.43. The van der Waals surface area contributed by atoms with Crippen molar-refractivity contribution in [3.8, 4) is 0 Å². The molecule has 0 bridgehead atoms. The van der Waals surface area contributed by atoms with Crippen LogP contribution in [0.4, 0.5) is 5.13 Å². The first kappa shape index (κ1) is 12.4. The molecule has 0 amide bonds. The molecule has 4 nitrogen and oxygen atoms in total. The standard InChI is InChI=1S/C10H20N4S/c1-3-5-8(7-11)12-10-13-9(6-4-2)14-15-10/h8H,3-7,11H2,1-2H3,(H,12,13,14). The summed E-state index contributed by atoms with van der Waals surface area (Å²) < 4.78 is 4.28. The highest BCUT2D eigenvalue weighted by Crippen LogP contribution is 2.14. The Morgan fingerprint density at radius 1 is 1.40 bits per heavy atom. The van der Waals surface area contributed by atoms with Gasteiger partial charge in [-0.25, -0.2) is 4.98 Å². The first-order valence-corrected chi connectivity index (χ1v) is 6.36. The highest BCUT2D eigenvalue weighted by Gasteiger charge is 2.08. The fraction of sp³-hybridized carbons (Fsp3) is 0.800. The smallest absolute Gasteiger partial charge is 0.202 e. The van der Waals surface area contributed by atoms with Crippen molar-refractivity contribution in [1.29, 1.82) is 0 Å². The second-order valence-electron chi connectivity index (χ2n) is 3.63. The minimum atomic E-state index is 0.331. The van der Waals surface area contributed by atoms with Crippen molar-refractivity contribution in [3.63, 3.8) is 0 Å². The van der Waals surface area contributed by atoms with Crippen LogP contribution in [0.5, 0.6) is 0 Å². The van der Waals surface area contributed by atoms with Crippen LogP contribution < -0.4 is 11.1 Å². The predicted molar refractivity (Wildman–Crippen MR) is 65.3 cm³/mol. The third-order valence-electron chi connectivity index (χ3n) is 2.19. The van der Waals surface area contributed by atoms with E-state index in [0.29, 0.717) is 12.6 Å². The molecule has 0 saturated heterocycles. The number of hydrogen-bond acceptors (Lipinski definition) is 5. The Morgan fingerprint density at radius 2 is 2.20 bits per heavy atom. The molecule has 0 saturated carbocycles. The average molecular weight is 228 g/mol. The molecule has 0 aliphatic heterocycles. The van der Waals surface area contributed by atoms with E-state index in [2.05, 4.69) is 28.5 Å². The van der Waals surface area contributed by atoms with Crippen LogP contribution in [-0.4, -0.2) is 21.9 Å². The molecule has 3 N–H and O–H groups in total. The third-order valence-corrected chi connectivity index (χ3v) is 2.88. The van der Waals surface area contributed by atoms with Gasteiger partial charge in [0.2, 0.25) is 5.13 Å². The van der Waals surface area contributed by atoms with E-state index in [0.717, 1.165) is 36.6 Å². The number of nitrogens with two attached hydrogens (primary N) is 1. The first-order chi connectivity index (χ1) is 7.30. The van der Waals surface area contributed by atoms with E-state index in [1.807, 2.05) is 0 Å². The molecule has 1 rings (SSSR count). The molecule has 86 valence electrons. The highest BCUT2D eigenvalue weighted by molar-refractivity contribution is 7.09. The molecule has 1 aromatic rings. The lowest BCUT2D eigenvalue weighted by atomic mass is 10.2. The molecule has 15 heavy (non-hydrogen) atoms. The monoisotopic (exact) mass is 228 g/mol. The van der Waals surface area contributed by atoms with E-state index >= 15 is 0 Å². The van der Waals surface area contributed by atoms with Gasteiger partial charge in [-0.3, -0.25) is 0 Å². The largest absolute Gasteiger partial charge is 0.356 e. The Balaban J connectivity index is 2.47. The zero-order valence-electron chi connectivity index (χ0n) is 9.49. The lowest BCUT2D eigenvalue weighted by Gasteiger charge is -2.13. The molecule has 0 aliphatic carbocycles. The summed E-state index contributed by atoms with van der Waals surface area (Å²) in [6.07, 6.45) is 4.26. The van der Waals surface area contributed by atoms with Crippen molar-refractivity contribution >= 4 is 16.7 Å². The normalized spacial score (nSPS) is 12.7. The molecule has 0 radical (unpaired) electrons. The van der Waals surface area contributed by atoms with Crippen molar-refractivity contribution in [2.45, 2.75) is 45.6 Å². The summed E-state index contributed by atoms with van der Waals surface area (Å²) in [5.41, 5.74) is 5.67. The number of aryl methyl sites for hydroxylation is 1. The molecule has 5 heteroatoms. The van der Waals surface area contributed by atoms with Crippen LogP contribution in [0.2, 0.25) is 0 Å². The SMILES string of the molecule is CCCc1nsc(NC(CN)CCC)n1. The number of aromatic nitrogens is 2. The molecule has 0 aliphatic rings. The lowest BCUT2D eigenvalue weighted by Crippen LogP contribution is -2.28. The first-order valence-electron chi connectivity index (χ1n) is 5.59. The maximum atomic E-state index is 5.67. The van der Waals surface area contributed by atoms with E-state index in [-0.39, 0.29) is 0 Å². The summed E-state index contributed by atoms with van der Waals surface area (Å²) in [7, 11) is 0. The number of nitrogens with one attached hydrogen (secondary N) is 1. The zero-order valence-corrected chi connectivity index (χ0v) is 10.3. The van der Waals surface area contributed by atoms with Crippen LogP contribution in [0.1, 0.15) is 38.9 Å². The number of hydrogen-bond donors (Lipinski definition) is 2. The molecule has 0 spiro atoms. The summed E-state index contributed by atoms with van der Waals surface area (Å²) in [5, 5.41) is 4.23. The van der Waals surface area contributed by atoms with Gasteiger partial charge in [0.15, 0.2) is 0 Å². The summed E-state index contributed by atoms with van der Waals surface area (Å²) in [4.78, 5) is 4.41. The molecule has 1 aromatic heterocycles. The van der Waals surface area contributed by atoms with Crippen molar-refractivity contribution in [3.05, 3.63) is 5.82 Å². The van der Waals surface area contributed by atoms with Gasteiger partial charge >= 0.3 is 0 Å². The van der Waals surface area contributed by atoms with E-state index in [9.17, 15) is 0 Å². The Hall–Kier alpha value is -0.680. The van der Waals surface area contributed by atoms with Gasteiger partial charge < -0.3 is 11.1 Å². The molecule has 1 heterocycles. The van der Waals surface area contributed by atoms with Gasteiger partial charge in [0, 0.05) is 30.5 Å². The maximum Gasteiger partial charge on any atom is 0.202 e. The molecule has 1 atom stereocenters. The van der Waals surface area contributed by atoms with Crippen LogP contribution in [0.25, 0.3) is 0 Å². The number of nitrogens with zero attached hydrogens (tertiary/aromatic N) is 2. The molecular weight excluding hydrogens is 208 g/mol. The minimum absolute atomic E-state index is 0.331. The van der Waals surface area contributed by atoms with Gasteiger partial charge in [-0.05, 0) is 12.8 Å². The predicted octanol–water partition coefficient (Wildman–Crippen LogP) is 2.03. The van der Waals surface area contributed by atoms with Gasteiger partial charge in [-0.2, -0.15) is 4.37 Å². The number of rotatable bonds is 7. The van der Waals surface area contributed by atoms with Crippen molar-refractivity contribution in [2.24, 2.45) is 5.73 Å². The van der Waals surface area contributed by atoms with Gasteiger partial charge in [-0.1, -0.05) is 20.3 Å². The van der Waals surface area contributed by atoms with Gasteiger partial charge in [0.05, 0.1) is 0 Å². The summed E-state index contributed by atoms with van der Waals surface area (Å²) in [6, 6.07) is 0.331. The molecule has 1 unspecified atom stereocenters. The Kier molecular flexibility index (Phi) is 5.57. The van der Waals surface area contributed by atoms with Crippen LogP contribution in [0.3, 0.4) is 0 Å². The van der Waals surface area contributed by atoms with Crippen molar-refractivity contribution in [1.82, 2.24) is 9.36 Å². The lowest BCUT2D eigenvalue weighted by molar-refractivity contribution is 0.647. The van der Waals surface area contributed by atoms with Gasteiger partial charge in [-0.15, -0.1) is 0 Å². The van der Waals surface area contributed by atoms with Gasteiger partial charge in [0.1, 0.15) is 5.82 Å². The molecular formula is C10H20N4S. The quantitative estimate of drug-likeness (QED) is 0.749.